The van der Waals surface area contributed by atoms with Crippen molar-refractivity contribution >= 4 is 28.9 Å². The van der Waals surface area contributed by atoms with E-state index in [-0.39, 0.29) is 6.17 Å². The number of halogens is 1. The molecule has 0 spiro atoms. The van der Waals surface area contributed by atoms with E-state index in [0.29, 0.717) is 22.4 Å². The van der Waals surface area contributed by atoms with Gasteiger partial charge in [0.25, 0.3) is 0 Å². The van der Waals surface area contributed by atoms with Gasteiger partial charge in [-0.3, -0.25) is 5.01 Å². The molecule has 0 saturated carbocycles. The Balaban J connectivity index is 1.68. The van der Waals surface area contributed by atoms with Crippen molar-refractivity contribution in [2.24, 2.45) is 10.2 Å². The molecule has 6 nitrogen and oxygen atoms in total. The van der Waals surface area contributed by atoms with E-state index in [1.807, 2.05) is 37.3 Å². The molecule has 3 rings (SSSR count). The number of nitrogens with zero attached hydrogens (tertiary/aromatic N) is 3. The number of azo groups is 1. The minimum atomic E-state index is -0.0627. The number of hydrazine groups is 1. The lowest BCUT2D eigenvalue weighted by atomic mass is 10.2. The summed E-state index contributed by atoms with van der Waals surface area (Å²) in [5.41, 5.74) is 4.10. The molecule has 2 heterocycles. The Morgan fingerprint density at radius 2 is 2.21 bits per heavy atom. The van der Waals surface area contributed by atoms with Crippen molar-refractivity contribution < 1.29 is 9.15 Å². The van der Waals surface area contributed by atoms with Gasteiger partial charge in [0.05, 0.1) is 18.7 Å². The minimum Gasteiger partial charge on any atom is -0.495 e. The van der Waals surface area contributed by atoms with Gasteiger partial charge in [-0.2, -0.15) is 5.11 Å². The third-order valence-electron chi connectivity index (χ3n) is 3.67. The predicted octanol–water partition coefficient (Wildman–Crippen LogP) is 4.40. The van der Waals surface area contributed by atoms with E-state index >= 15 is 0 Å². The first kappa shape index (κ1) is 16.9. The highest BCUT2D eigenvalue weighted by atomic mass is 35.5. The topological polar surface area (TPSA) is 62.4 Å². The Morgan fingerprint density at radius 1 is 1.38 bits per heavy atom. The number of nitrogens with one attached hydrogen (secondary N) is 1. The van der Waals surface area contributed by atoms with Gasteiger partial charge in [-0.1, -0.05) is 18.5 Å². The van der Waals surface area contributed by atoms with E-state index in [2.05, 4.69) is 15.7 Å². The largest absolute Gasteiger partial charge is 0.495 e. The second-order valence-corrected chi connectivity index (χ2v) is 5.98. The average molecular weight is 365 g/mol. The van der Waals surface area contributed by atoms with Gasteiger partial charge in [-0.05, 0) is 49.0 Å². The van der Waals surface area contributed by atoms with E-state index in [9.17, 15) is 0 Å². The third kappa shape index (κ3) is 3.43. The van der Waals surface area contributed by atoms with Gasteiger partial charge in [0.15, 0.2) is 6.17 Å². The molecule has 1 aliphatic rings. The molecule has 1 aromatic heterocycles. The Morgan fingerprint density at radius 3 is 2.92 bits per heavy atom. The molecule has 1 N–H and O–H groups in total. The molecule has 2 aromatic rings. The first-order valence-corrected chi connectivity index (χ1v) is 8.31. The average Bonchev–Trinajstić information content (AvgIpc) is 3.19. The van der Waals surface area contributed by atoms with E-state index < -0.39 is 0 Å². The lowest BCUT2D eigenvalue weighted by Crippen LogP contribution is -2.43. The Labute approximate surface area is 150 Å². The molecular weight excluding hydrogens is 348 g/mol. The van der Waals surface area contributed by atoms with E-state index in [4.69, 9.17) is 33.0 Å². The van der Waals surface area contributed by atoms with Crippen LogP contribution in [0.25, 0.3) is 11.3 Å². The minimum absolute atomic E-state index is 0.0627. The van der Waals surface area contributed by atoms with Gasteiger partial charge in [0, 0.05) is 5.56 Å². The predicted molar refractivity (Wildman–Crippen MR) is 95.9 cm³/mol. The maximum Gasteiger partial charge on any atom is 0.232 e. The summed E-state index contributed by atoms with van der Waals surface area (Å²) in [5, 5.41) is 10.8. The van der Waals surface area contributed by atoms with Crippen molar-refractivity contribution in [3.63, 3.8) is 0 Å². The number of methoxy groups -OCH3 is 1. The van der Waals surface area contributed by atoms with Crippen LogP contribution in [0.1, 0.15) is 19.1 Å². The van der Waals surface area contributed by atoms with E-state index in [0.717, 1.165) is 23.5 Å². The van der Waals surface area contributed by atoms with Crippen LogP contribution in [-0.2, 0) is 6.54 Å². The first-order chi connectivity index (χ1) is 11.6. The van der Waals surface area contributed by atoms with Crippen LogP contribution in [0.4, 0.5) is 0 Å². The zero-order valence-corrected chi connectivity index (χ0v) is 14.9. The van der Waals surface area contributed by atoms with Gasteiger partial charge in [-0.25, -0.2) is 5.43 Å². The van der Waals surface area contributed by atoms with Crippen molar-refractivity contribution in [1.29, 1.82) is 0 Å². The number of thiocarbonyl (C=S) groups is 1. The van der Waals surface area contributed by atoms with Crippen LogP contribution >= 0.6 is 23.8 Å². The first-order valence-electron chi connectivity index (χ1n) is 7.52. The lowest BCUT2D eigenvalue weighted by molar-refractivity contribution is 0.233. The molecule has 0 radical (unpaired) electrons. The van der Waals surface area contributed by atoms with Crippen LogP contribution < -0.4 is 10.2 Å². The smallest absolute Gasteiger partial charge is 0.232 e. The van der Waals surface area contributed by atoms with Crippen molar-refractivity contribution in [3.8, 4) is 17.1 Å². The summed E-state index contributed by atoms with van der Waals surface area (Å²) < 4.78 is 11.0. The number of ether oxygens (including phenoxy) is 1. The van der Waals surface area contributed by atoms with Gasteiger partial charge < -0.3 is 9.15 Å². The summed E-state index contributed by atoms with van der Waals surface area (Å²) in [6, 6.07) is 9.35. The molecule has 0 bridgehead atoms. The molecule has 1 aromatic carbocycles. The summed E-state index contributed by atoms with van der Waals surface area (Å²) in [7, 11) is 1.59. The van der Waals surface area contributed by atoms with Gasteiger partial charge in [-0.15, -0.1) is 5.11 Å². The Kier molecular flexibility index (Phi) is 5.13. The summed E-state index contributed by atoms with van der Waals surface area (Å²) in [6.45, 7) is 2.52. The Bertz CT molecular complexity index is 777. The highest BCUT2D eigenvalue weighted by molar-refractivity contribution is 7.80. The molecule has 0 fully saturated rings. The van der Waals surface area contributed by atoms with Crippen LogP contribution in [0.5, 0.6) is 5.75 Å². The van der Waals surface area contributed by atoms with Crippen LogP contribution in [0.3, 0.4) is 0 Å². The summed E-state index contributed by atoms with van der Waals surface area (Å²) in [5.74, 6) is 2.15. The molecule has 1 aliphatic heterocycles. The second kappa shape index (κ2) is 7.29. The third-order valence-corrected chi connectivity index (χ3v) is 4.24. The molecular formula is C16H17ClN4O2S. The van der Waals surface area contributed by atoms with E-state index in [1.54, 1.807) is 12.1 Å². The molecule has 24 heavy (non-hydrogen) atoms. The maximum atomic E-state index is 6.16. The number of hydrogen-bond acceptors (Lipinski definition) is 5. The summed E-state index contributed by atoms with van der Waals surface area (Å²) in [6.07, 6.45) is 0.761. The highest BCUT2D eigenvalue weighted by Crippen LogP contribution is 2.31. The summed E-state index contributed by atoms with van der Waals surface area (Å²) >= 11 is 11.3. The van der Waals surface area contributed by atoms with E-state index in [1.165, 1.54) is 0 Å². The fourth-order valence-electron chi connectivity index (χ4n) is 2.39. The zero-order chi connectivity index (χ0) is 17.1. The molecule has 0 aliphatic carbocycles. The van der Waals surface area contributed by atoms with Crippen molar-refractivity contribution in [1.82, 2.24) is 10.4 Å². The fourth-order valence-corrected chi connectivity index (χ4v) is 2.88. The molecule has 0 amide bonds. The fraction of sp³-hybridized carbons (Fsp3) is 0.312. The summed E-state index contributed by atoms with van der Waals surface area (Å²) in [4.78, 5) is 0. The van der Waals surface area contributed by atoms with Crippen LogP contribution in [0.2, 0.25) is 5.02 Å². The molecule has 1 atom stereocenters. The monoisotopic (exact) mass is 364 g/mol. The SMILES string of the molecule is CCC1N=NC(=S)N1NCc1ccc(-c2ccc(OC)c(Cl)c2)o1. The number of furan rings is 1. The van der Waals surface area contributed by atoms with Gasteiger partial charge in [0.1, 0.15) is 17.3 Å². The van der Waals surface area contributed by atoms with Crippen molar-refractivity contribution in [3.05, 3.63) is 41.1 Å². The van der Waals surface area contributed by atoms with Crippen LogP contribution in [0, 0.1) is 0 Å². The quantitative estimate of drug-likeness (QED) is 0.769. The number of rotatable bonds is 6. The Hall–Kier alpha value is -1.96. The molecule has 126 valence electrons. The maximum absolute atomic E-state index is 6.16. The van der Waals surface area contributed by atoms with Crippen molar-refractivity contribution in [2.75, 3.05) is 7.11 Å². The van der Waals surface area contributed by atoms with Crippen molar-refractivity contribution in [2.45, 2.75) is 26.1 Å². The van der Waals surface area contributed by atoms with Crippen LogP contribution in [0.15, 0.2) is 45.0 Å². The normalized spacial score (nSPS) is 16.9. The number of hydrogen-bond donors (Lipinski definition) is 1. The second-order valence-electron chi connectivity index (χ2n) is 5.21. The van der Waals surface area contributed by atoms with Crippen LogP contribution in [-0.4, -0.2) is 23.4 Å². The molecule has 1 unspecified atom stereocenters. The highest BCUT2D eigenvalue weighted by Gasteiger charge is 2.24. The molecule has 8 heteroatoms. The lowest BCUT2D eigenvalue weighted by Gasteiger charge is -2.22. The standard InChI is InChI=1S/C16H17ClN4O2S/c1-3-15-19-20-16(24)21(15)18-9-11-5-7-13(23-11)10-4-6-14(22-2)12(17)8-10/h4-8,15,18H,3,9H2,1-2H3. The zero-order valence-electron chi connectivity index (χ0n) is 13.3. The molecule has 0 saturated heterocycles. The number of benzene rings is 1. The van der Waals surface area contributed by atoms with Gasteiger partial charge in [0.2, 0.25) is 5.11 Å². The van der Waals surface area contributed by atoms with Gasteiger partial charge >= 0.3 is 0 Å².